The highest BCUT2D eigenvalue weighted by Crippen LogP contribution is 2.62. The summed E-state index contributed by atoms with van der Waals surface area (Å²) in [7, 11) is 1.11. The van der Waals surface area contributed by atoms with Crippen molar-refractivity contribution in [1.29, 1.82) is 0 Å². The topological polar surface area (TPSA) is 93.5 Å². The largest absolute Gasteiger partial charge is 0.494 e. The molecule has 3 rings (SSSR count). The molecule has 2 unspecified atom stereocenters. The molecule has 2 atom stereocenters. The summed E-state index contributed by atoms with van der Waals surface area (Å²) in [4.78, 5) is 24.5. The summed E-state index contributed by atoms with van der Waals surface area (Å²) < 4.78 is 5.76. The molecule has 0 fully saturated rings. The van der Waals surface area contributed by atoms with Crippen LogP contribution in [0.5, 0.6) is 5.75 Å². The van der Waals surface area contributed by atoms with Gasteiger partial charge in [-0.1, -0.05) is 0 Å². The fraction of sp³-hybridized carbons (Fsp3) is 0.381. The van der Waals surface area contributed by atoms with Crippen molar-refractivity contribution >= 4 is 69.3 Å². The molecule has 1 heterocycles. The van der Waals surface area contributed by atoms with E-state index >= 15 is 0 Å². The lowest BCUT2D eigenvalue weighted by Gasteiger charge is -2.45. The molecule has 0 spiro atoms. The van der Waals surface area contributed by atoms with Crippen molar-refractivity contribution in [3.63, 3.8) is 0 Å². The average molecular weight is 514 g/mol. The number of nitrogens with zero attached hydrogens (tertiary/aromatic N) is 1. The number of carbonyl (C=O) groups excluding carboxylic acids is 1. The predicted molar refractivity (Wildman–Crippen MR) is 143 cm³/mol. The molecule has 0 aromatic heterocycles. The quantitative estimate of drug-likeness (QED) is 0.175. The zero-order chi connectivity index (χ0) is 23.5. The zero-order valence-electron chi connectivity index (χ0n) is 18.5. The number of nitro benzene ring substituents is 1. The molecule has 1 aliphatic rings. The standard InChI is InChI=1S/C21H27N3O4S4/c1-28-17-11-14(24(26)27)7-8-16(17)23-20(25)22-13-6-9-18-15(10-13)21(30-3,31-4)12-19(29-2)32(18)5/h6-11,19,32H,12H2,1-5H3,(H2,22,23,25). The van der Waals surface area contributed by atoms with Crippen LogP contribution in [0, 0.1) is 10.1 Å². The van der Waals surface area contributed by atoms with Crippen molar-refractivity contribution in [3.05, 3.63) is 52.1 Å². The number of carbonyl (C=O) groups is 1. The number of nitro groups is 1. The maximum absolute atomic E-state index is 12.7. The van der Waals surface area contributed by atoms with Gasteiger partial charge < -0.3 is 15.4 Å². The molecule has 1 aliphatic heterocycles. The highest BCUT2D eigenvalue weighted by molar-refractivity contribution is 8.27. The number of hydrogen-bond donors (Lipinski definition) is 3. The van der Waals surface area contributed by atoms with E-state index in [9.17, 15) is 14.9 Å². The average Bonchev–Trinajstić information content (AvgIpc) is 2.79. The smallest absolute Gasteiger partial charge is 0.323 e. The molecule has 32 heavy (non-hydrogen) atoms. The Morgan fingerprint density at radius 3 is 2.50 bits per heavy atom. The number of non-ortho nitro benzene ring substituents is 1. The van der Waals surface area contributed by atoms with Crippen molar-refractivity contribution in [2.45, 2.75) is 20.0 Å². The second-order valence-electron chi connectivity index (χ2n) is 7.12. The lowest BCUT2D eigenvalue weighted by atomic mass is 10.1. The molecule has 2 aromatic carbocycles. The minimum Gasteiger partial charge on any atom is -0.494 e. The number of ether oxygens (including phenoxy) is 1. The number of nitrogens with one attached hydrogen (secondary N) is 2. The Hall–Kier alpha value is -1.69. The van der Waals surface area contributed by atoms with Gasteiger partial charge in [-0.2, -0.15) is 11.8 Å². The van der Waals surface area contributed by atoms with E-state index in [2.05, 4.69) is 47.8 Å². The van der Waals surface area contributed by atoms with Crippen molar-refractivity contribution in [3.8, 4) is 5.75 Å². The lowest BCUT2D eigenvalue weighted by molar-refractivity contribution is -0.384. The Kier molecular flexibility index (Phi) is 8.18. The molecule has 174 valence electrons. The minimum absolute atomic E-state index is 0.0480. The normalized spacial score (nSPS) is 20.2. The van der Waals surface area contributed by atoms with Crippen LogP contribution in [0.25, 0.3) is 0 Å². The van der Waals surface area contributed by atoms with Crippen LogP contribution in [0.2, 0.25) is 0 Å². The third-order valence-electron chi connectivity index (χ3n) is 5.50. The second-order valence-corrected chi connectivity index (χ2v) is 13.3. The van der Waals surface area contributed by atoms with Gasteiger partial charge in [0.25, 0.3) is 5.69 Å². The lowest BCUT2D eigenvalue weighted by Crippen LogP contribution is -2.29. The fourth-order valence-electron chi connectivity index (χ4n) is 3.75. The van der Waals surface area contributed by atoms with Gasteiger partial charge in [-0.3, -0.25) is 10.1 Å². The maximum atomic E-state index is 12.7. The number of amides is 2. The Bertz CT molecular complexity index is 1020. The summed E-state index contributed by atoms with van der Waals surface area (Å²) in [6.07, 6.45) is 9.90. The first-order valence-electron chi connectivity index (χ1n) is 9.69. The van der Waals surface area contributed by atoms with Gasteiger partial charge in [0.2, 0.25) is 0 Å². The molecule has 0 bridgehead atoms. The second kappa shape index (κ2) is 10.5. The van der Waals surface area contributed by atoms with E-state index in [1.54, 1.807) is 0 Å². The van der Waals surface area contributed by atoms with Crippen molar-refractivity contribution in [2.24, 2.45) is 0 Å². The number of urea groups is 1. The highest BCUT2D eigenvalue weighted by Gasteiger charge is 2.41. The maximum Gasteiger partial charge on any atom is 0.323 e. The van der Waals surface area contributed by atoms with Gasteiger partial charge in [0.15, 0.2) is 0 Å². The van der Waals surface area contributed by atoms with Crippen LogP contribution in [0.15, 0.2) is 41.3 Å². The Morgan fingerprint density at radius 2 is 1.91 bits per heavy atom. The summed E-state index contributed by atoms with van der Waals surface area (Å²) in [6.45, 7) is 0. The summed E-state index contributed by atoms with van der Waals surface area (Å²) >= 11 is 5.65. The van der Waals surface area contributed by atoms with Gasteiger partial charge in [-0.05, 0) is 66.2 Å². The molecule has 0 aliphatic carbocycles. The van der Waals surface area contributed by atoms with Crippen LogP contribution in [0.3, 0.4) is 0 Å². The predicted octanol–water partition coefficient (Wildman–Crippen LogP) is 6.21. The van der Waals surface area contributed by atoms with Crippen LogP contribution >= 0.6 is 46.2 Å². The number of benzene rings is 2. The highest BCUT2D eigenvalue weighted by atomic mass is 32.2. The number of anilines is 2. The van der Waals surface area contributed by atoms with E-state index in [1.165, 1.54) is 35.8 Å². The molecule has 2 aromatic rings. The van der Waals surface area contributed by atoms with Crippen LogP contribution in [-0.2, 0) is 4.08 Å². The van der Waals surface area contributed by atoms with Crippen LogP contribution in [0.4, 0.5) is 21.9 Å². The van der Waals surface area contributed by atoms with E-state index in [-0.39, 0.29) is 26.4 Å². The van der Waals surface area contributed by atoms with E-state index in [0.29, 0.717) is 16.0 Å². The number of hydrogen-bond acceptors (Lipinski definition) is 7. The molecule has 0 saturated heterocycles. The summed E-state index contributed by atoms with van der Waals surface area (Å²) in [6, 6.07) is 9.81. The molecule has 0 saturated carbocycles. The van der Waals surface area contributed by atoms with Crippen molar-refractivity contribution in [1.82, 2.24) is 0 Å². The van der Waals surface area contributed by atoms with Crippen molar-refractivity contribution < 1.29 is 14.5 Å². The summed E-state index contributed by atoms with van der Waals surface area (Å²) in [5, 5.41) is 16.6. The van der Waals surface area contributed by atoms with Gasteiger partial charge in [0, 0.05) is 16.3 Å². The first-order chi connectivity index (χ1) is 15.3. The van der Waals surface area contributed by atoms with Gasteiger partial charge in [-0.25, -0.2) is 15.7 Å². The van der Waals surface area contributed by atoms with Gasteiger partial charge in [-0.15, -0.1) is 23.5 Å². The minimum atomic E-state index is -0.507. The molecule has 7 nitrogen and oxygen atoms in total. The van der Waals surface area contributed by atoms with Crippen molar-refractivity contribution in [2.75, 3.05) is 42.8 Å². The number of methoxy groups -OCH3 is 1. The molecule has 2 N–H and O–H groups in total. The molecule has 0 radical (unpaired) electrons. The Balaban J connectivity index is 1.85. The molecule has 2 amide bonds. The summed E-state index contributed by atoms with van der Waals surface area (Å²) in [5.74, 6) is 0.225. The first-order valence-corrected chi connectivity index (χ1v) is 15.3. The van der Waals surface area contributed by atoms with Gasteiger partial charge >= 0.3 is 6.03 Å². The number of rotatable bonds is 7. The zero-order valence-corrected chi connectivity index (χ0v) is 21.8. The molecular formula is C21H27N3O4S4. The molecular weight excluding hydrogens is 487 g/mol. The monoisotopic (exact) mass is 513 g/mol. The van der Waals surface area contributed by atoms with Crippen LogP contribution in [0.1, 0.15) is 12.0 Å². The first kappa shape index (κ1) is 24.9. The van der Waals surface area contributed by atoms with E-state index in [1.807, 2.05) is 41.4 Å². The van der Waals surface area contributed by atoms with Crippen LogP contribution < -0.4 is 15.4 Å². The third-order valence-corrected chi connectivity index (χ3v) is 13.1. The molecule has 11 heteroatoms. The van der Waals surface area contributed by atoms with E-state index in [0.717, 1.165) is 6.42 Å². The van der Waals surface area contributed by atoms with E-state index in [4.69, 9.17) is 4.74 Å². The number of thioether (sulfide) groups is 3. The number of thiol groups is 1. The fourth-order valence-corrected chi connectivity index (χ4v) is 10.3. The van der Waals surface area contributed by atoms with Gasteiger partial charge in [0.1, 0.15) is 5.75 Å². The number of fused-ring (bicyclic) bond motifs is 1. The summed E-state index contributed by atoms with van der Waals surface area (Å²) in [5.41, 5.74) is 2.24. The van der Waals surface area contributed by atoms with E-state index < -0.39 is 11.0 Å². The third kappa shape index (κ3) is 4.95. The Labute approximate surface area is 203 Å². The van der Waals surface area contributed by atoms with Crippen LogP contribution in [-0.4, -0.2) is 47.7 Å². The van der Waals surface area contributed by atoms with Gasteiger partial charge in [0.05, 0.1) is 27.9 Å². The SMILES string of the molecule is COc1cc([N+](=O)[O-])ccc1NC(=O)Nc1ccc2c(c1)C(SC)(SC)CC(SC)[SH]2C. The Morgan fingerprint density at radius 1 is 1.19 bits per heavy atom.